The van der Waals surface area contributed by atoms with E-state index in [-0.39, 0.29) is 17.5 Å². The van der Waals surface area contributed by atoms with Gasteiger partial charge in [0, 0.05) is 16.9 Å². The van der Waals surface area contributed by atoms with Gasteiger partial charge >= 0.3 is 0 Å². The first-order valence-electron chi connectivity index (χ1n) is 7.79. The number of carbonyl (C=O) groups is 1. The molecule has 0 heterocycles. The summed E-state index contributed by atoms with van der Waals surface area (Å²) in [7, 11) is 0. The predicted octanol–water partition coefficient (Wildman–Crippen LogP) is 5.23. The van der Waals surface area contributed by atoms with Crippen LogP contribution in [0.2, 0.25) is 0 Å². The fourth-order valence-electron chi connectivity index (χ4n) is 3.48. The normalized spacial score (nSPS) is 26.0. The van der Waals surface area contributed by atoms with Gasteiger partial charge in [-0.05, 0) is 48.6 Å². The second kappa shape index (κ2) is 5.59. The van der Waals surface area contributed by atoms with Crippen LogP contribution < -0.4 is 0 Å². The van der Waals surface area contributed by atoms with E-state index in [1.54, 1.807) is 12.1 Å². The highest BCUT2D eigenvalue weighted by Crippen LogP contribution is 2.36. The molecule has 110 valence electrons. The van der Waals surface area contributed by atoms with Crippen LogP contribution >= 0.6 is 0 Å². The molecule has 2 aromatic rings. The average Bonchev–Trinajstić information content (AvgIpc) is 2.50. The van der Waals surface area contributed by atoms with Gasteiger partial charge in [-0.2, -0.15) is 0 Å². The minimum absolute atomic E-state index is 0.0880. The maximum Gasteiger partial charge on any atom is 0.166 e. The largest absolute Gasteiger partial charge is 0.294 e. The van der Waals surface area contributed by atoms with Crippen LogP contribution in [-0.2, 0) is 0 Å². The Hall–Kier alpha value is -1.70. The summed E-state index contributed by atoms with van der Waals surface area (Å²) in [5, 5.41) is 1.29. The van der Waals surface area contributed by atoms with E-state index >= 15 is 0 Å². The van der Waals surface area contributed by atoms with E-state index in [9.17, 15) is 9.18 Å². The van der Waals surface area contributed by atoms with E-state index < -0.39 is 0 Å². The van der Waals surface area contributed by atoms with Gasteiger partial charge in [-0.25, -0.2) is 4.39 Å². The van der Waals surface area contributed by atoms with Gasteiger partial charge in [0.2, 0.25) is 0 Å². The number of halogens is 1. The van der Waals surface area contributed by atoms with Crippen molar-refractivity contribution in [1.29, 1.82) is 0 Å². The lowest BCUT2D eigenvalue weighted by atomic mass is 9.73. The van der Waals surface area contributed by atoms with Crippen LogP contribution in [0.5, 0.6) is 0 Å². The summed E-state index contributed by atoms with van der Waals surface area (Å²) in [6.45, 7) is 4.49. The van der Waals surface area contributed by atoms with Crippen LogP contribution in [0, 0.1) is 23.6 Å². The maximum atomic E-state index is 13.9. The summed E-state index contributed by atoms with van der Waals surface area (Å²) in [4.78, 5) is 12.9. The Labute approximate surface area is 125 Å². The van der Waals surface area contributed by atoms with Crippen molar-refractivity contribution in [1.82, 2.24) is 0 Å². The Morgan fingerprint density at radius 2 is 1.71 bits per heavy atom. The first-order valence-corrected chi connectivity index (χ1v) is 7.79. The van der Waals surface area contributed by atoms with Gasteiger partial charge < -0.3 is 0 Å². The summed E-state index contributed by atoms with van der Waals surface area (Å²) in [5.41, 5.74) is 0.679. The number of benzene rings is 2. The van der Waals surface area contributed by atoms with Gasteiger partial charge in [0.15, 0.2) is 5.78 Å². The van der Waals surface area contributed by atoms with E-state index in [0.717, 1.165) is 24.6 Å². The minimum Gasteiger partial charge on any atom is -0.294 e. The molecule has 1 saturated carbocycles. The smallest absolute Gasteiger partial charge is 0.166 e. The van der Waals surface area contributed by atoms with Crippen molar-refractivity contribution in [3.8, 4) is 0 Å². The third-order valence-electron chi connectivity index (χ3n) is 5.11. The van der Waals surface area contributed by atoms with Gasteiger partial charge in [-0.1, -0.05) is 38.1 Å². The van der Waals surface area contributed by atoms with Gasteiger partial charge in [0.25, 0.3) is 0 Å². The molecular weight excluding hydrogens is 263 g/mol. The second-order valence-electron chi connectivity index (χ2n) is 6.47. The molecule has 0 saturated heterocycles. The highest BCUT2D eigenvalue weighted by atomic mass is 19.1. The van der Waals surface area contributed by atoms with Gasteiger partial charge in [0.05, 0.1) is 0 Å². The Kier molecular flexibility index (Phi) is 3.79. The van der Waals surface area contributed by atoms with E-state index in [4.69, 9.17) is 0 Å². The number of Topliss-reactive ketones (excluding diaryl/α,β-unsaturated/α-hetero) is 1. The number of hydrogen-bond donors (Lipinski definition) is 0. The Morgan fingerprint density at radius 1 is 1.00 bits per heavy atom. The van der Waals surface area contributed by atoms with Crippen molar-refractivity contribution >= 4 is 16.6 Å². The Balaban J connectivity index is 1.97. The fraction of sp³-hybridized carbons (Fsp3) is 0.421. The number of hydrogen-bond acceptors (Lipinski definition) is 1. The number of carbonyl (C=O) groups excluding carboxylic acids is 1. The molecule has 1 nitrogen and oxygen atoms in total. The molecule has 3 rings (SSSR count). The van der Waals surface area contributed by atoms with Crippen LogP contribution in [0.15, 0.2) is 36.4 Å². The molecule has 3 atom stereocenters. The zero-order chi connectivity index (χ0) is 15.0. The van der Waals surface area contributed by atoms with E-state index in [1.807, 2.05) is 18.2 Å². The molecule has 0 bridgehead atoms. The molecule has 0 N–H and O–H groups in total. The molecule has 1 aliphatic carbocycles. The third kappa shape index (κ3) is 2.59. The third-order valence-corrected chi connectivity index (χ3v) is 5.11. The number of fused-ring (bicyclic) bond motifs is 1. The van der Waals surface area contributed by atoms with Crippen molar-refractivity contribution in [3.63, 3.8) is 0 Å². The van der Waals surface area contributed by atoms with E-state index in [0.29, 0.717) is 22.8 Å². The maximum absolute atomic E-state index is 13.9. The van der Waals surface area contributed by atoms with E-state index in [1.165, 1.54) is 6.07 Å². The summed E-state index contributed by atoms with van der Waals surface area (Å²) < 4.78 is 13.9. The molecule has 3 unspecified atom stereocenters. The molecular formula is C19H21FO. The summed E-state index contributed by atoms with van der Waals surface area (Å²) in [5.74, 6) is 1.29. The Bertz CT molecular complexity index is 676. The lowest BCUT2D eigenvalue weighted by Crippen LogP contribution is -2.26. The van der Waals surface area contributed by atoms with Crippen molar-refractivity contribution in [2.24, 2.45) is 17.8 Å². The van der Waals surface area contributed by atoms with Gasteiger partial charge in [-0.3, -0.25) is 4.79 Å². The zero-order valence-corrected chi connectivity index (χ0v) is 12.6. The first-order chi connectivity index (χ1) is 10.1. The Morgan fingerprint density at radius 3 is 2.43 bits per heavy atom. The molecule has 2 aromatic carbocycles. The molecule has 2 heteroatoms. The minimum atomic E-state index is -0.257. The summed E-state index contributed by atoms with van der Waals surface area (Å²) in [6, 6.07) is 10.3. The monoisotopic (exact) mass is 284 g/mol. The number of rotatable bonds is 2. The van der Waals surface area contributed by atoms with Crippen molar-refractivity contribution in [2.75, 3.05) is 0 Å². The quantitative estimate of drug-likeness (QED) is 0.690. The summed E-state index contributed by atoms with van der Waals surface area (Å²) in [6.07, 6.45) is 3.01. The topological polar surface area (TPSA) is 17.1 Å². The fourth-order valence-corrected chi connectivity index (χ4v) is 3.48. The molecule has 0 spiro atoms. The number of ketones is 1. The molecule has 1 fully saturated rings. The highest BCUT2D eigenvalue weighted by Gasteiger charge is 2.30. The first kappa shape index (κ1) is 14.2. The van der Waals surface area contributed by atoms with Crippen LogP contribution in [0.3, 0.4) is 0 Å². The molecule has 0 radical (unpaired) electrons. The second-order valence-corrected chi connectivity index (χ2v) is 6.47. The predicted molar refractivity (Wildman–Crippen MR) is 83.9 cm³/mol. The molecule has 21 heavy (non-hydrogen) atoms. The lowest BCUT2D eigenvalue weighted by molar-refractivity contribution is 0.0839. The SMILES string of the molecule is CC1CCC(C(=O)c2ccc(F)c3ccccc23)CC1C. The standard InChI is InChI=1S/C19H21FO/c1-12-7-8-14(11-13(12)2)19(21)17-9-10-18(20)16-6-4-3-5-15(16)17/h3-6,9-10,12-14H,7-8,11H2,1-2H3. The van der Waals surface area contributed by atoms with Crippen LogP contribution in [-0.4, -0.2) is 5.78 Å². The average molecular weight is 284 g/mol. The van der Waals surface area contributed by atoms with Crippen LogP contribution in [0.25, 0.3) is 10.8 Å². The molecule has 1 aliphatic rings. The van der Waals surface area contributed by atoms with Gasteiger partial charge in [-0.15, -0.1) is 0 Å². The molecule has 0 aliphatic heterocycles. The molecule has 0 amide bonds. The van der Waals surface area contributed by atoms with Crippen molar-refractivity contribution < 1.29 is 9.18 Å². The summed E-state index contributed by atoms with van der Waals surface area (Å²) >= 11 is 0. The molecule has 0 aromatic heterocycles. The van der Waals surface area contributed by atoms with Crippen LogP contribution in [0.4, 0.5) is 4.39 Å². The van der Waals surface area contributed by atoms with Crippen molar-refractivity contribution in [3.05, 3.63) is 47.8 Å². The zero-order valence-electron chi connectivity index (χ0n) is 12.6. The highest BCUT2D eigenvalue weighted by molar-refractivity contribution is 6.09. The van der Waals surface area contributed by atoms with Gasteiger partial charge in [0.1, 0.15) is 5.82 Å². The lowest BCUT2D eigenvalue weighted by Gasteiger charge is -2.31. The van der Waals surface area contributed by atoms with Crippen molar-refractivity contribution in [2.45, 2.75) is 33.1 Å². The van der Waals surface area contributed by atoms with E-state index in [2.05, 4.69) is 13.8 Å². The van der Waals surface area contributed by atoms with Crippen LogP contribution in [0.1, 0.15) is 43.5 Å².